The first kappa shape index (κ1) is 13.0. The number of nitrogens with zero attached hydrogens (tertiary/aromatic N) is 2. The molecule has 21 heavy (non-hydrogen) atoms. The summed E-state index contributed by atoms with van der Waals surface area (Å²) in [7, 11) is 0. The Morgan fingerprint density at radius 1 is 1.24 bits per heavy atom. The zero-order chi connectivity index (χ0) is 14.2. The summed E-state index contributed by atoms with van der Waals surface area (Å²) in [5.74, 6) is 2.45. The fourth-order valence-corrected chi connectivity index (χ4v) is 3.74. The molecule has 0 spiro atoms. The minimum absolute atomic E-state index is 0.317. The molecule has 3 unspecified atom stereocenters. The van der Waals surface area contributed by atoms with Gasteiger partial charge in [-0.2, -0.15) is 4.98 Å². The van der Waals surface area contributed by atoms with Gasteiger partial charge in [0.05, 0.1) is 0 Å². The molecular weight excluding hydrogens is 262 g/mol. The van der Waals surface area contributed by atoms with Crippen molar-refractivity contribution in [1.29, 1.82) is 0 Å². The van der Waals surface area contributed by atoms with E-state index in [9.17, 15) is 0 Å². The lowest BCUT2D eigenvalue weighted by atomic mass is 9.93. The van der Waals surface area contributed by atoms with Gasteiger partial charge in [0.1, 0.15) is 0 Å². The smallest absolute Gasteiger partial charge is 0.229 e. The summed E-state index contributed by atoms with van der Waals surface area (Å²) < 4.78 is 5.59. The predicted octanol–water partition coefficient (Wildman–Crippen LogP) is 3.00. The van der Waals surface area contributed by atoms with Crippen molar-refractivity contribution in [3.8, 4) is 0 Å². The Morgan fingerprint density at radius 3 is 3.05 bits per heavy atom. The summed E-state index contributed by atoms with van der Waals surface area (Å²) in [5.41, 5.74) is 2.81. The molecule has 1 aromatic heterocycles. The van der Waals surface area contributed by atoms with Crippen molar-refractivity contribution in [2.45, 2.75) is 50.5 Å². The Morgan fingerprint density at radius 2 is 2.14 bits per heavy atom. The molecule has 3 atom stereocenters. The number of aromatic nitrogens is 2. The average molecular weight is 283 g/mol. The lowest BCUT2D eigenvalue weighted by molar-refractivity contribution is 0.294. The van der Waals surface area contributed by atoms with Gasteiger partial charge in [-0.3, -0.25) is 0 Å². The molecule has 2 aliphatic rings. The summed E-state index contributed by atoms with van der Waals surface area (Å²) in [5, 5.41) is 7.76. The highest BCUT2D eigenvalue weighted by Gasteiger charge is 2.30. The van der Waals surface area contributed by atoms with Crippen molar-refractivity contribution in [2.24, 2.45) is 0 Å². The monoisotopic (exact) mass is 283 g/mol. The van der Waals surface area contributed by atoms with Crippen LogP contribution in [-0.2, 0) is 6.42 Å². The Hall–Kier alpha value is -1.68. The van der Waals surface area contributed by atoms with Gasteiger partial charge in [0.25, 0.3) is 0 Å². The van der Waals surface area contributed by atoms with Crippen LogP contribution in [0.5, 0.6) is 0 Å². The summed E-state index contributed by atoms with van der Waals surface area (Å²) in [6.45, 7) is 3.26. The van der Waals surface area contributed by atoms with Crippen molar-refractivity contribution in [2.75, 3.05) is 6.54 Å². The van der Waals surface area contributed by atoms with Gasteiger partial charge in [-0.1, -0.05) is 29.4 Å². The third-order valence-corrected chi connectivity index (χ3v) is 4.87. The van der Waals surface area contributed by atoms with Crippen LogP contribution < -0.4 is 5.32 Å². The molecule has 4 heteroatoms. The van der Waals surface area contributed by atoms with Gasteiger partial charge in [-0.05, 0) is 50.3 Å². The highest BCUT2D eigenvalue weighted by atomic mass is 16.5. The summed E-state index contributed by atoms with van der Waals surface area (Å²) in [6, 6.07) is 9.16. The molecular formula is C17H21N3O. The lowest BCUT2D eigenvalue weighted by Gasteiger charge is -2.25. The highest BCUT2D eigenvalue weighted by molar-refractivity contribution is 5.38. The minimum atomic E-state index is 0.317. The van der Waals surface area contributed by atoms with Crippen LogP contribution >= 0.6 is 0 Å². The number of hydrogen-bond donors (Lipinski definition) is 1. The fourth-order valence-electron chi connectivity index (χ4n) is 3.74. The van der Waals surface area contributed by atoms with Crippen LogP contribution in [0, 0.1) is 0 Å². The Labute approximate surface area is 124 Å². The van der Waals surface area contributed by atoms with Crippen molar-refractivity contribution in [1.82, 2.24) is 15.5 Å². The summed E-state index contributed by atoms with van der Waals surface area (Å²) >= 11 is 0. The first-order chi connectivity index (χ1) is 10.3. The zero-order valence-corrected chi connectivity index (χ0v) is 12.4. The van der Waals surface area contributed by atoms with Gasteiger partial charge in [0, 0.05) is 17.9 Å². The molecule has 2 aromatic rings. The first-order valence-electron chi connectivity index (χ1n) is 7.96. The van der Waals surface area contributed by atoms with E-state index >= 15 is 0 Å². The molecule has 1 saturated heterocycles. The molecule has 2 heterocycles. The van der Waals surface area contributed by atoms with E-state index in [2.05, 4.69) is 41.7 Å². The quantitative estimate of drug-likeness (QED) is 0.920. The third-order valence-electron chi connectivity index (χ3n) is 4.87. The number of benzene rings is 1. The number of fused-ring (bicyclic) bond motifs is 1. The van der Waals surface area contributed by atoms with Gasteiger partial charge < -0.3 is 9.84 Å². The van der Waals surface area contributed by atoms with Crippen molar-refractivity contribution >= 4 is 0 Å². The van der Waals surface area contributed by atoms with E-state index in [1.807, 2.05) is 0 Å². The van der Waals surface area contributed by atoms with E-state index in [-0.39, 0.29) is 0 Å². The summed E-state index contributed by atoms with van der Waals surface area (Å²) in [4.78, 5) is 4.74. The van der Waals surface area contributed by atoms with Crippen LogP contribution in [0.3, 0.4) is 0 Å². The summed E-state index contributed by atoms with van der Waals surface area (Å²) in [6.07, 6.45) is 4.39. The van der Waals surface area contributed by atoms with Gasteiger partial charge >= 0.3 is 0 Å². The SMILES string of the molecule is CC1CC(c2nc(C3CCc4ccccc43)no2)CCN1. The molecule has 1 aromatic carbocycles. The Kier molecular flexibility index (Phi) is 3.26. The molecule has 1 fully saturated rings. The second kappa shape index (κ2) is 5.26. The molecule has 4 rings (SSSR count). The molecule has 0 radical (unpaired) electrons. The lowest BCUT2D eigenvalue weighted by Crippen LogP contribution is -2.34. The van der Waals surface area contributed by atoms with E-state index < -0.39 is 0 Å². The van der Waals surface area contributed by atoms with E-state index in [1.54, 1.807) is 0 Å². The molecule has 1 N–H and O–H groups in total. The Bertz CT molecular complexity index is 636. The second-order valence-corrected chi connectivity index (χ2v) is 6.36. The van der Waals surface area contributed by atoms with E-state index in [0.717, 1.165) is 43.9 Å². The maximum atomic E-state index is 5.59. The molecule has 4 nitrogen and oxygen atoms in total. The van der Waals surface area contributed by atoms with Crippen LogP contribution in [0.4, 0.5) is 0 Å². The molecule has 110 valence electrons. The third kappa shape index (κ3) is 2.38. The molecule has 1 aliphatic heterocycles. The topological polar surface area (TPSA) is 51.0 Å². The first-order valence-corrected chi connectivity index (χ1v) is 7.96. The van der Waals surface area contributed by atoms with Crippen LogP contribution in [-0.4, -0.2) is 22.7 Å². The van der Waals surface area contributed by atoms with E-state index in [4.69, 9.17) is 9.51 Å². The average Bonchev–Trinajstić information content (AvgIpc) is 3.14. The van der Waals surface area contributed by atoms with Crippen LogP contribution in [0.15, 0.2) is 28.8 Å². The van der Waals surface area contributed by atoms with Gasteiger partial charge in [-0.25, -0.2) is 0 Å². The Balaban J connectivity index is 1.58. The minimum Gasteiger partial charge on any atom is -0.339 e. The fraction of sp³-hybridized carbons (Fsp3) is 0.529. The van der Waals surface area contributed by atoms with Crippen LogP contribution in [0.1, 0.15) is 60.9 Å². The molecule has 0 amide bonds. The maximum absolute atomic E-state index is 5.59. The zero-order valence-electron chi connectivity index (χ0n) is 12.4. The van der Waals surface area contributed by atoms with Crippen LogP contribution in [0.2, 0.25) is 0 Å². The highest BCUT2D eigenvalue weighted by Crippen LogP contribution is 2.37. The van der Waals surface area contributed by atoms with Crippen molar-refractivity contribution in [3.63, 3.8) is 0 Å². The second-order valence-electron chi connectivity index (χ2n) is 6.36. The molecule has 0 saturated carbocycles. The molecule has 1 aliphatic carbocycles. The van der Waals surface area contributed by atoms with Crippen LogP contribution in [0.25, 0.3) is 0 Å². The number of piperidine rings is 1. The van der Waals surface area contributed by atoms with Gasteiger partial charge in [-0.15, -0.1) is 0 Å². The van der Waals surface area contributed by atoms with E-state index in [1.165, 1.54) is 11.1 Å². The molecule has 0 bridgehead atoms. The predicted molar refractivity (Wildman–Crippen MR) is 80.3 cm³/mol. The number of hydrogen-bond acceptors (Lipinski definition) is 4. The van der Waals surface area contributed by atoms with Crippen molar-refractivity contribution < 1.29 is 4.52 Å². The van der Waals surface area contributed by atoms with Gasteiger partial charge in [0.2, 0.25) is 5.89 Å². The van der Waals surface area contributed by atoms with Gasteiger partial charge in [0.15, 0.2) is 5.82 Å². The number of rotatable bonds is 2. The standard InChI is InChI=1S/C17H21N3O/c1-11-10-13(8-9-18-11)17-19-16(20-21-17)15-7-6-12-4-2-3-5-14(12)15/h2-5,11,13,15,18H,6-10H2,1H3. The normalized spacial score (nSPS) is 28.5. The number of nitrogens with one attached hydrogen (secondary N) is 1. The van der Waals surface area contributed by atoms with E-state index in [0.29, 0.717) is 17.9 Å². The number of aryl methyl sites for hydroxylation is 1. The largest absolute Gasteiger partial charge is 0.339 e. The maximum Gasteiger partial charge on any atom is 0.229 e. The van der Waals surface area contributed by atoms with Crippen molar-refractivity contribution in [3.05, 3.63) is 47.1 Å².